The molecule has 6 heteroatoms. The summed E-state index contributed by atoms with van der Waals surface area (Å²) in [7, 11) is 0. The molecule has 39 heavy (non-hydrogen) atoms. The number of carbonyl (C=O) groups is 2. The molecular weight excluding hydrogens is 554 g/mol. The second-order valence-electron chi connectivity index (χ2n) is 11.3. The van der Waals surface area contributed by atoms with Crippen LogP contribution in [0.25, 0.3) is 10.9 Å². The molecule has 3 aromatic carbocycles. The summed E-state index contributed by atoms with van der Waals surface area (Å²) in [5.74, 6) is -0.954. The fourth-order valence-electron chi connectivity index (χ4n) is 4.54. The maximum absolute atomic E-state index is 13.5. The topological polar surface area (TPSA) is 57.5 Å². The molecule has 0 amide bonds. The van der Waals surface area contributed by atoms with E-state index in [0.717, 1.165) is 26.5 Å². The molecule has 0 saturated heterocycles. The normalized spacial score (nSPS) is 12.5. The summed E-state index contributed by atoms with van der Waals surface area (Å²) < 4.78 is 13.9. The Kier molecular flexibility index (Phi) is 8.96. The lowest BCUT2D eigenvalue weighted by Gasteiger charge is -2.19. The van der Waals surface area contributed by atoms with E-state index in [2.05, 4.69) is 70.9 Å². The summed E-state index contributed by atoms with van der Waals surface area (Å²) in [6.07, 6.45) is 2.52. The second-order valence-corrected chi connectivity index (χ2v) is 12.2. The maximum atomic E-state index is 13.5. The molecule has 4 aromatic rings. The lowest BCUT2D eigenvalue weighted by atomic mass is 9.91. The molecule has 0 aliphatic carbocycles. The predicted molar refractivity (Wildman–Crippen MR) is 159 cm³/mol. The molecule has 0 bridgehead atoms. The molecule has 0 fully saturated rings. The average molecular weight is 591 g/mol. The summed E-state index contributed by atoms with van der Waals surface area (Å²) >= 11 is 3.61. The summed E-state index contributed by atoms with van der Waals surface area (Å²) in [4.78, 5) is 25.7. The summed E-state index contributed by atoms with van der Waals surface area (Å²) in [5, 5.41) is 0.979. The molecule has 1 unspecified atom stereocenters. The number of carbonyl (C=O) groups excluding carboxylic acids is 2. The van der Waals surface area contributed by atoms with Crippen LogP contribution < -0.4 is 0 Å². The first kappa shape index (κ1) is 28.6. The Bertz CT molecular complexity index is 1430. The van der Waals surface area contributed by atoms with Crippen molar-refractivity contribution in [3.05, 3.63) is 106 Å². The highest BCUT2D eigenvalue weighted by Gasteiger charge is 2.28. The van der Waals surface area contributed by atoms with Crippen LogP contribution >= 0.6 is 15.9 Å². The minimum Gasteiger partial charge on any atom is -0.427 e. The minimum absolute atomic E-state index is 0.412. The van der Waals surface area contributed by atoms with Gasteiger partial charge in [-0.3, -0.25) is 9.59 Å². The van der Waals surface area contributed by atoms with Crippen LogP contribution in [0.3, 0.4) is 0 Å². The van der Waals surface area contributed by atoms with Crippen molar-refractivity contribution < 1.29 is 19.1 Å². The number of halogens is 1. The third-order valence-electron chi connectivity index (χ3n) is 6.82. The van der Waals surface area contributed by atoms with Crippen molar-refractivity contribution in [1.82, 2.24) is 4.57 Å². The lowest BCUT2D eigenvalue weighted by Crippen LogP contribution is -2.26. The molecule has 0 spiro atoms. The van der Waals surface area contributed by atoms with Crippen LogP contribution in [0, 0.1) is 5.41 Å². The molecule has 1 aromatic heterocycles. The highest BCUT2D eigenvalue weighted by atomic mass is 79.9. The molecule has 0 radical (unpaired) electrons. The number of hydrogen-bond donors (Lipinski definition) is 0. The standard InChI is InChI=1S/C33H36BrNO4/c1-22(2)25-13-11-24(12-14-25)19-35-20-29(27-18-26(34)15-16-30(27)35)28(17-23-9-7-6-8-10-23)31(36)38-21-39-32(37)33(3,4)5/h6-16,18,20,22,28H,17,19,21H2,1-5H3. The van der Waals surface area contributed by atoms with Crippen molar-refractivity contribution in [3.63, 3.8) is 0 Å². The zero-order chi connectivity index (χ0) is 28.2. The molecule has 0 saturated carbocycles. The average Bonchev–Trinajstić information content (AvgIpc) is 3.24. The highest BCUT2D eigenvalue weighted by molar-refractivity contribution is 9.10. The van der Waals surface area contributed by atoms with Crippen LogP contribution in [0.15, 0.2) is 83.5 Å². The van der Waals surface area contributed by atoms with Gasteiger partial charge in [0.1, 0.15) is 0 Å². The predicted octanol–water partition coefficient (Wildman–Crippen LogP) is 7.99. The van der Waals surface area contributed by atoms with E-state index < -0.39 is 30.1 Å². The quantitative estimate of drug-likeness (QED) is 0.147. The van der Waals surface area contributed by atoms with Crippen LogP contribution in [-0.4, -0.2) is 23.3 Å². The number of ether oxygens (including phenoxy) is 2. The van der Waals surface area contributed by atoms with Gasteiger partial charge in [-0.25, -0.2) is 0 Å². The van der Waals surface area contributed by atoms with Crippen molar-refractivity contribution in [3.8, 4) is 0 Å². The van der Waals surface area contributed by atoms with Crippen LogP contribution in [0.5, 0.6) is 0 Å². The summed E-state index contributed by atoms with van der Waals surface area (Å²) in [6, 6.07) is 24.7. The van der Waals surface area contributed by atoms with E-state index in [-0.39, 0.29) is 0 Å². The second kappa shape index (κ2) is 12.2. The van der Waals surface area contributed by atoms with Gasteiger partial charge in [0.2, 0.25) is 6.79 Å². The van der Waals surface area contributed by atoms with E-state index in [9.17, 15) is 9.59 Å². The van der Waals surface area contributed by atoms with E-state index in [1.165, 1.54) is 11.1 Å². The Morgan fingerprint density at radius 1 is 0.897 bits per heavy atom. The number of esters is 2. The van der Waals surface area contributed by atoms with E-state index in [4.69, 9.17) is 9.47 Å². The van der Waals surface area contributed by atoms with E-state index in [0.29, 0.717) is 18.9 Å². The molecule has 5 nitrogen and oxygen atoms in total. The van der Waals surface area contributed by atoms with E-state index in [1.807, 2.05) is 42.5 Å². The van der Waals surface area contributed by atoms with E-state index in [1.54, 1.807) is 20.8 Å². The zero-order valence-electron chi connectivity index (χ0n) is 23.2. The molecule has 204 valence electrons. The van der Waals surface area contributed by atoms with Gasteiger partial charge in [-0.05, 0) is 73.6 Å². The third-order valence-corrected chi connectivity index (χ3v) is 7.31. The van der Waals surface area contributed by atoms with Gasteiger partial charge >= 0.3 is 11.9 Å². The SMILES string of the molecule is CC(C)c1ccc(Cn2cc(C(Cc3ccccc3)C(=O)OCOC(=O)C(C)(C)C)c3cc(Br)ccc32)cc1. The Balaban J connectivity index is 1.68. The van der Waals surface area contributed by atoms with Gasteiger partial charge in [-0.15, -0.1) is 0 Å². The molecule has 1 atom stereocenters. The fraction of sp³-hybridized carbons (Fsp3) is 0.333. The van der Waals surface area contributed by atoms with Gasteiger partial charge in [-0.1, -0.05) is 84.4 Å². The van der Waals surface area contributed by atoms with Gasteiger partial charge < -0.3 is 14.0 Å². The van der Waals surface area contributed by atoms with Gasteiger partial charge in [0.15, 0.2) is 0 Å². The third kappa shape index (κ3) is 7.18. The van der Waals surface area contributed by atoms with Gasteiger partial charge in [0.05, 0.1) is 11.3 Å². The largest absolute Gasteiger partial charge is 0.427 e. The van der Waals surface area contributed by atoms with Crippen molar-refractivity contribution in [2.24, 2.45) is 5.41 Å². The monoisotopic (exact) mass is 589 g/mol. The van der Waals surface area contributed by atoms with Crippen molar-refractivity contribution in [2.45, 2.75) is 59.4 Å². The van der Waals surface area contributed by atoms with Crippen molar-refractivity contribution in [1.29, 1.82) is 0 Å². The number of benzene rings is 3. The van der Waals surface area contributed by atoms with Crippen LogP contribution in [0.1, 0.15) is 68.7 Å². The highest BCUT2D eigenvalue weighted by Crippen LogP contribution is 2.34. The van der Waals surface area contributed by atoms with Crippen LogP contribution in [0.2, 0.25) is 0 Å². The first-order valence-corrected chi connectivity index (χ1v) is 14.1. The zero-order valence-corrected chi connectivity index (χ0v) is 24.8. The number of fused-ring (bicyclic) bond motifs is 1. The number of rotatable bonds is 9. The van der Waals surface area contributed by atoms with Crippen LogP contribution in [0.4, 0.5) is 0 Å². The van der Waals surface area contributed by atoms with Gasteiger partial charge in [0.25, 0.3) is 0 Å². The first-order valence-electron chi connectivity index (χ1n) is 13.3. The minimum atomic E-state index is -0.678. The van der Waals surface area contributed by atoms with Crippen LogP contribution in [-0.2, 0) is 32.0 Å². The molecule has 1 heterocycles. The van der Waals surface area contributed by atoms with Crippen molar-refractivity contribution in [2.75, 3.05) is 6.79 Å². The summed E-state index contributed by atoms with van der Waals surface area (Å²) in [5.41, 5.74) is 4.74. The lowest BCUT2D eigenvalue weighted by molar-refractivity contribution is -0.174. The Morgan fingerprint density at radius 2 is 1.59 bits per heavy atom. The molecule has 0 aliphatic rings. The fourth-order valence-corrected chi connectivity index (χ4v) is 4.90. The van der Waals surface area contributed by atoms with Crippen molar-refractivity contribution >= 4 is 38.8 Å². The van der Waals surface area contributed by atoms with E-state index >= 15 is 0 Å². The smallest absolute Gasteiger partial charge is 0.316 e. The molecule has 4 rings (SSSR count). The Hall–Kier alpha value is -3.38. The number of aromatic nitrogens is 1. The number of hydrogen-bond acceptors (Lipinski definition) is 4. The van der Waals surface area contributed by atoms with Gasteiger partial charge in [-0.2, -0.15) is 0 Å². The molecule has 0 aliphatic heterocycles. The Morgan fingerprint density at radius 3 is 2.23 bits per heavy atom. The number of nitrogens with zero attached hydrogens (tertiary/aromatic N) is 1. The molecular formula is C33H36BrNO4. The summed E-state index contributed by atoms with van der Waals surface area (Å²) in [6.45, 7) is 9.93. The Labute approximate surface area is 239 Å². The maximum Gasteiger partial charge on any atom is 0.316 e. The first-order chi connectivity index (χ1) is 18.5. The van der Waals surface area contributed by atoms with Gasteiger partial charge in [0, 0.05) is 28.1 Å². The molecule has 0 N–H and O–H groups in total.